The van der Waals surface area contributed by atoms with Gasteiger partial charge in [0.05, 0.1) is 28.2 Å². The number of hydrogen-bond donors (Lipinski definition) is 3. The minimum Gasteiger partial charge on any atom is -0.507 e. The molecule has 11 nitrogen and oxygen atoms in total. The van der Waals surface area contributed by atoms with Crippen molar-refractivity contribution in [3.63, 3.8) is 0 Å². The molecule has 276 valence electrons. The number of anilines is 2. The van der Waals surface area contributed by atoms with E-state index >= 15 is 8.78 Å². The van der Waals surface area contributed by atoms with Crippen LogP contribution >= 0.6 is 45.8 Å². The van der Waals surface area contributed by atoms with Gasteiger partial charge < -0.3 is 20.1 Å². The molecule has 3 aromatic rings. The van der Waals surface area contributed by atoms with Gasteiger partial charge in [-0.15, -0.1) is 23.2 Å². The van der Waals surface area contributed by atoms with Gasteiger partial charge in [-0.1, -0.05) is 11.6 Å². The molecule has 7 rings (SSSR count). The summed E-state index contributed by atoms with van der Waals surface area (Å²) in [7, 11) is 1.19. The maximum atomic E-state index is 15.3. The summed E-state index contributed by atoms with van der Waals surface area (Å²) in [5.41, 5.74) is -2.48. The van der Waals surface area contributed by atoms with Crippen LogP contribution in [0.4, 0.5) is 33.3 Å². The number of phenolic OH excluding ortho intramolecular Hbond substituents is 1. The van der Waals surface area contributed by atoms with Crippen molar-refractivity contribution in [1.82, 2.24) is 0 Å². The van der Waals surface area contributed by atoms with Crippen molar-refractivity contribution in [2.45, 2.75) is 28.5 Å². The highest BCUT2D eigenvalue weighted by Gasteiger charge is 2.77. The Hall–Kier alpha value is -4.49. The number of halogens is 8. The zero-order valence-electron chi connectivity index (χ0n) is 26.4. The summed E-state index contributed by atoms with van der Waals surface area (Å²) in [6.45, 7) is 0. The maximum Gasteiger partial charge on any atom is 0.339 e. The topological polar surface area (TPSA) is 162 Å². The summed E-state index contributed by atoms with van der Waals surface area (Å²) in [4.78, 5) is 63.1. The first-order valence-corrected chi connectivity index (χ1v) is 17.2. The molecule has 4 amide bonds. The van der Waals surface area contributed by atoms with Crippen LogP contribution in [0, 0.1) is 50.4 Å². The number of allylic oxidation sites excluding steroid dienone is 2. The Balaban J connectivity index is 1.43. The van der Waals surface area contributed by atoms with Crippen LogP contribution in [0.25, 0.3) is 0 Å². The van der Waals surface area contributed by atoms with E-state index in [-0.39, 0.29) is 43.2 Å². The van der Waals surface area contributed by atoms with Gasteiger partial charge in [0.25, 0.3) is 11.8 Å². The first-order valence-electron chi connectivity index (χ1n) is 15.3. The highest BCUT2D eigenvalue weighted by molar-refractivity contribution is 14.1. The standard InChI is InChI=1S/C34H20Cl2F5IN2O9/c1-53-18-7-10(6-16(42)27(18)46)20-12-4-5-14-19(29(48)43(28(14)47)11-2-3-13(30(49)50)17(45)8-11)15(12)9-33(35)31(51)44(32(52)34(20,33)36)26-24(40)22(38)21(37)23(39)25(26)41/h2-4,6-8,14-15,19-20,45-46H,5,9H2,1H3,(H,49,50). The molecule has 0 aromatic heterocycles. The number of hydrogen-bond acceptors (Lipinski definition) is 8. The second-order valence-corrected chi connectivity index (χ2v) is 15.2. The van der Waals surface area contributed by atoms with Crippen molar-refractivity contribution in [3.05, 3.63) is 85.8 Å². The van der Waals surface area contributed by atoms with Gasteiger partial charge in [-0.25, -0.2) is 36.5 Å². The molecule has 19 heteroatoms. The van der Waals surface area contributed by atoms with Gasteiger partial charge in [0.15, 0.2) is 44.5 Å². The van der Waals surface area contributed by atoms with Crippen LogP contribution in [-0.2, 0) is 19.2 Å². The van der Waals surface area contributed by atoms with E-state index in [0.29, 0.717) is 4.90 Å². The van der Waals surface area contributed by atoms with E-state index in [4.69, 9.17) is 27.9 Å². The summed E-state index contributed by atoms with van der Waals surface area (Å²) in [6, 6.07) is 5.53. The molecule has 1 saturated carbocycles. The Kier molecular flexibility index (Phi) is 8.53. The lowest BCUT2D eigenvalue weighted by Gasteiger charge is -2.50. The fraction of sp³-hybridized carbons (Fsp3) is 0.265. The number of ether oxygens (including phenoxy) is 1. The number of nitrogens with zero attached hydrogens (tertiary/aromatic N) is 2. The Morgan fingerprint density at radius 1 is 0.887 bits per heavy atom. The highest BCUT2D eigenvalue weighted by Crippen LogP contribution is 2.66. The van der Waals surface area contributed by atoms with E-state index in [2.05, 4.69) is 0 Å². The van der Waals surface area contributed by atoms with Crippen molar-refractivity contribution in [1.29, 1.82) is 0 Å². The monoisotopic (exact) mass is 892 g/mol. The molecule has 2 aliphatic carbocycles. The lowest BCUT2D eigenvalue weighted by molar-refractivity contribution is -0.125. The van der Waals surface area contributed by atoms with Crippen molar-refractivity contribution in [2.24, 2.45) is 17.8 Å². The fourth-order valence-corrected chi connectivity index (χ4v) is 9.51. The molecule has 2 heterocycles. The van der Waals surface area contributed by atoms with Crippen LogP contribution in [0.2, 0.25) is 0 Å². The summed E-state index contributed by atoms with van der Waals surface area (Å²) in [5, 5.41) is 30.2. The minimum absolute atomic E-state index is 0.0155. The quantitative estimate of drug-likeness (QED) is 0.0541. The number of aromatic carboxylic acids is 1. The molecule has 4 aliphatic rings. The van der Waals surface area contributed by atoms with E-state index in [1.54, 1.807) is 22.6 Å². The van der Waals surface area contributed by atoms with Gasteiger partial charge in [0.1, 0.15) is 17.0 Å². The normalized spacial score (nSPS) is 27.8. The third kappa shape index (κ3) is 4.78. The van der Waals surface area contributed by atoms with Crippen LogP contribution in [0.5, 0.6) is 17.2 Å². The number of rotatable bonds is 5. The van der Waals surface area contributed by atoms with E-state index < -0.39 is 116 Å². The molecule has 3 aromatic carbocycles. The Bertz CT molecular complexity index is 2270. The van der Waals surface area contributed by atoms with Crippen LogP contribution in [0.15, 0.2) is 42.0 Å². The molecule has 53 heavy (non-hydrogen) atoms. The lowest BCUT2D eigenvalue weighted by atomic mass is 9.56. The summed E-state index contributed by atoms with van der Waals surface area (Å²) < 4.78 is 78.9. The smallest absolute Gasteiger partial charge is 0.339 e. The molecular weight excluding hydrogens is 873 g/mol. The van der Waals surface area contributed by atoms with E-state index in [0.717, 1.165) is 18.2 Å². The number of benzene rings is 3. The number of alkyl halides is 2. The van der Waals surface area contributed by atoms with Gasteiger partial charge in [0.2, 0.25) is 17.6 Å². The van der Waals surface area contributed by atoms with Crippen molar-refractivity contribution in [2.75, 3.05) is 16.9 Å². The first kappa shape index (κ1) is 36.9. The van der Waals surface area contributed by atoms with Crippen LogP contribution in [-0.4, -0.2) is 61.8 Å². The number of phenols is 2. The summed E-state index contributed by atoms with van der Waals surface area (Å²) >= 11 is 16.0. The van der Waals surface area contributed by atoms with Gasteiger partial charge in [-0.3, -0.25) is 19.2 Å². The van der Waals surface area contributed by atoms with E-state index in [9.17, 15) is 52.5 Å². The molecule has 2 saturated heterocycles. The number of carbonyl (C=O) groups is 5. The Labute approximate surface area is 317 Å². The van der Waals surface area contributed by atoms with Crippen LogP contribution < -0.4 is 14.5 Å². The van der Waals surface area contributed by atoms with Crippen LogP contribution in [0.3, 0.4) is 0 Å². The number of aromatic hydroxyl groups is 2. The number of carboxylic acids is 1. The van der Waals surface area contributed by atoms with E-state index in [1.165, 1.54) is 25.3 Å². The average Bonchev–Trinajstić information content (AvgIpc) is 3.45. The molecule has 0 bridgehead atoms. The molecular formula is C34H20Cl2F5IN2O9. The number of carbonyl (C=O) groups excluding carboxylic acids is 4. The molecule has 2 aliphatic heterocycles. The van der Waals surface area contributed by atoms with Crippen molar-refractivity contribution < 1.29 is 66.0 Å². The maximum absolute atomic E-state index is 15.3. The number of methoxy groups -OCH3 is 1. The van der Waals surface area contributed by atoms with Gasteiger partial charge in [-0.2, -0.15) is 0 Å². The van der Waals surface area contributed by atoms with Crippen molar-refractivity contribution >= 4 is 86.8 Å². The summed E-state index contributed by atoms with van der Waals surface area (Å²) in [5.74, 6) is -25.7. The zero-order chi connectivity index (χ0) is 38.8. The molecule has 0 spiro atoms. The van der Waals surface area contributed by atoms with Gasteiger partial charge >= 0.3 is 5.97 Å². The van der Waals surface area contributed by atoms with Crippen LogP contribution in [0.1, 0.15) is 34.7 Å². The summed E-state index contributed by atoms with van der Waals surface area (Å²) in [6.07, 6.45) is 0.535. The second kappa shape index (κ2) is 12.3. The predicted octanol–water partition coefficient (Wildman–Crippen LogP) is 5.87. The lowest BCUT2D eigenvalue weighted by Crippen LogP contribution is -2.60. The fourth-order valence-electron chi connectivity index (χ4n) is 7.95. The van der Waals surface area contributed by atoms with Gasteiger partial charge in [-0.05, 0) is 71.2 Å². The first-order chi connectivity index (χ1) is 24.8. The molecule has 6 unspecified atom stereocenters. The third-order valence-electron chi connectivity index (χ3n) is 10.3. The predicted molar refractivity (Wildman–Crippen MR) is 181 cm³/mol. The minimum atomic E-state index is -2.80. The average molecular weight is 893 g/mol. The SMILES string of the molecule is COc1cc(C2C3=CCC4C(=O)N(c5ccc(C(=O)O)c(O)c5)C(=O)C4C3CC3(Cl)C(=O)N(c4c(F)c(F)c(F)c(F)c4F)C(=O)C23Cl)cc(I)c1O. The molecule has 3 fully saturated rings. The van der Waals surface area contributed by atoms with E-state index in [1.807, 2.05) is 0 Å². The molecule has 6 atom stereocenters. The second-order valence-electron chi connectivity index (χ2n) is 12.8. The Morgan fingerprint density at radius 2 is 1.51 bits per heavy atom. The number of carboxylic acid groups (broad SMARTS) is 1. The number of imide groups is 2. The zero-order valence-corrected chi connectivity index (χ0v) is 30.1. The van der Waals surface area contributed by atoms with Gasteiger partial charge in [0, 0.05) is 12.0 Å². The van der Waals surface area contributed by atoms with Crippen molar-refractivity contribution in [3.8, 4) is 17.2 Å². The molecule has 3 N–H and O–H groups in total. The number of fused-ring (bicyclic) bond motifs is 4. The molecule has 0 radical (unpaired) electrons. The number of amides is 4. The largest absolute Gasteiger partial charge is 0.507 e. The highest BCUT2D eigenvalue weighted by atomic mass is 127. The Morgan fingerprint density at radius 3 is 2.09 bits per heavy atom. The third-order valence-corrected chi connectivity index (χ3v) is 12.5.